The number of benzene rings is 1. The molecule has 8 heteroatoms. The zero-order chi connectivity index (χ0) is 21.3. The third-order valence-corrected chi connectivity index (χ3v) is 6.28. The molecule has 0 aliphatic carbocycles. The highest BCUT2D eigenvalue weighted by atomic mass is 32.1. The minimum absolute atomic E-state index is 0.00507. The Bertz CT molecular complexity index is 874. The summed E-state index contributed by atoms with van der Waals surface area (Å²) >= 11 is 1.48. The summed E-state index contributed by atoms with van der Waals surface area (Å²) in [6.07, 6.45) is 2.92. The van der Waals surface area contributed by atoms with E-state index in [1.165, 1.54) is 11.3 Å². The summed E-state index contributed by atoms with van der Waals surface area (Å²) in [6, 6.07) is 10.2. The standard InChI is InChI=1S/C22H28N4O3S/c1-22(2,3)29-21(28)24-12-9-17(10-13-24)26-18(16-7-5-4-6-8-16)15-25(20(26)27)19-23-11-14-30-19/h4-8,11,14,17-18H,9-10,12-13,15H2,1-3H3. The van der Waals surface area contributed by atoms with Crippen molar-refractivity contribution in [1.82, 2.24) is 14.8 Å². The van der Waals surface area contributed by atoms with Crippen LogP contribution in [0.25, 0.3) is 0 Å². The quantitative estimate of drug-likeness (QED) is 0.721. The number of carbonyl (C=O) groups excluding carboxylic acids is 2. The molecule has 4 rings (SSSR count). The number of ether oxygens (including phenoxy) is 1. The second-order valence-electron chi connectivity index (χ2n) is 8.74. The van der Waals surface area contributed by atoms with Crippen LogP contribution in [0.2, 0.25) is 0 Å². The molecule has 2 fully saturated rings. The summed E-state index contributed by atoms with van der Waals surface area (Å²) in [5, 5.41) is 2.62. The fourth-order valence-corrected chi connectivity index (χ4v) is 4.77. The fourth-order valence-electron chi connectivity index (χ4n) is 4.13. The van der Waals surface area contributed by atoms with Crippen molar-refractivity contribution in [3.8, 4) is 0 Å². The molecule has 160 valence electrons. The molecule has 1 aromatic carbocycles. The number of anilines is 1. The fraction of sp³-hybridized carbons (Fsp3) is 0.500. The first-order valence-corrected chi connectivity index (χ1v) is 11.2. The maximum absolute atomic E-state index is 13.4. The van der Waals surface area contributed by atoms with Crippen LogP contribution in [-0.4, -0.2) is 58.2 Å². The van der Waals surface area contributed by atoms with Crippen LogP contribution in [0.3, 0.4) is 0 Å². The van der Waals surface area contributed by atoms with E-state index in [2.05, 4.69) is 17.1 Å². The number of urea groups is 1. The predicted octanol–water partition coefficient (Wildman–Crippen LogP) is 4.53. The van der Waals surface area contributed by atoms with Gasteiger partial charge in [-0.05, 0) is 39.2 Å². The van der Waals surface area contributed by atoms with Gasteiger partial charge in [0.05, 0.1) is 12.6 Å². The van der Waals surface area contributed by atoms with E-state index in [4.69, 9.17) is 4.74 Å². The van der Waals surface area contributed by atoms with Gasteiger partial charge >= 0.3 is 12.1 Å². The maximum atomic E-state index is 13.4. The summed E-state index contributed by atoms with van der Waals surface area (Å²) in [7, 11) is 0. The van der Waals surface area contributed by atoms with Gasteiger partial charge in [-0.1, -0.05) is 30.3 Å². The molecule has 1 aromatic heterocycles. The second-order valence-corrected chi connectivity index (χ2v) is 9.61. The van der Waals surface area contributed by atoms with Crippen LogP contribution >= 0.6 is 11.3 Å². The number of nitrogens with zero attached hydrogens (tertiary/aromatic N) is 4. The first-order chi connectivity index (χ1) is 14.3. The Morgan fingerprint density at radius 3 is 2.47 bits per heavy atom. The van der Waals surface area contributed by atoms with Crippen LogP contribution in [0.5, 0.6) is 0 Å². The van der Waals surface area contributed by atoms with Gasteiger partial charge in [-0.15, -0.1) is 11.3 Å². The second kappa shape index (κ2) is 8.26. The number of rotatable bonds is 3. The number of likely N-dealkylation sites (tertiary alicyclic amines) is 1. The number of thiazole rings is 1. The lowest BCUT2D eigenvalue weighted by atomic mass is 9.99. The monoisotopic (exact) mass is 428 g/mol. The number of piperidine rings is 1. The van der Waals surface area contributed by atoms with Gasteiger partial charge in [-0.25, -0.2) is 14.6 Å². The van der Waals surface area contributed by atoms with Crippen molar-refractivity contribution in [3.63, 3.8) is 0 Å². The molecular weight excluding hydrogens is 400 g/mol. The molecule has 0 saturated carbocycles. The Balaban J connectivity index is 1.51. The number of hydrogen-bond donors (Lipinski definition) is 0. The van der Waals surface area contributed by atoms with E-state index in [1.54, 1.807) is 16.0 Å². The van der Waals surface area contributed by atoms with Crippen molar-refractivity contribution in [3.05, 3.63) is 47.5 Å². The van der Waals surface area contributed by atoms with Crippen molar-refractivity contribution in [2.45, 2.75) is 51.3 Å². The Hall–Kier alpha value is -2.61. The van der Waals surface area contributed by atoms with Gasteiger partial charge in [0.1, 0.15) is 5.60 Å². The normalized spacial score (nSPS) is 20.7. The van der Waals surface area contributed by atoms with Gasteiger partial charge in [0.25, 0.3) is 0 Å². The van der Waals surface area contributed by atoms with E-state index in [1.807, 2.05) is 49.3 Å². The molecule has 3 heterocycles. The van der Waals surface area contributed by atoms with E-state index in [-0.39, 0.29) is 24.2 Å². The number of carbonyl (C=O) groups is 2. The topological polar surface area (TPSA) is 66.0 Å². The molecule has 3 amide bonds. The molecule has 0 N–H and O–H groups in total. The van der Waals surface area contributed by atoms with Crippen molar-refractivity contribution < 1.29 is 14.3 Å². The lowest BCUT2D eigenvalue weighted by Crippen LogP contribution is -2.49. The highest BCUT2D eigenvalue weighted by molar-refractivity contribution is 7.13. The molecule has 0 spiro atoms. The maximum Gasteiger partial charge on any atom is 0.410 e. The molecule has 0 radical (unpaired) electrons. The smallest absolute Gasteiger partial charge is 0.410 e. The Labute approximate surface area is 181 Å². The summed E-state index contributed by atoms with van der Waals surface area (Å²) in [4.78, 5) is 35.7. The zero-order valence-electron chi connectivity index (χ0n) is 17.7. The van der Waals surface area contributed by atoms with E-state index in [0.717, 1.165) is 23.5 Å². The van der Waals surface area contributed by atoms with Crippen LogP contribution in [0.15, 0.2) is 41.9 Å². The SMILES string of the molecule is CC(C)(C)OC(=O)N1CCC(N2C(=O)N(c3nccs3)CC2c2ccccc2)CC1. The van der Waals surface area contributed by atoms with Crippen molar-refractivity contribution >= 4 is 28.6 Å². The molecular formula is C22H28N4O3S. The minimum atomic E-state index is -0.508. The van der Waals surface area contributed by atoms with E-state index in [0.29, 0.717) is 19.6 Å². The van der Waals surface area contributed by atoms with Crippen molar-refractivity contribution in [2.24, 2.45) is 0 Å². The predicted molar refractivity (Wildman–Crippen MR) is 117 cm³/mol. The van der Waals surface area contributed by atoms with E-state index in [9.17, 15) is 9.59 Å². The van der Waals surface area contributed by atoms with Gasteiger partial charge in [-0.3, -0.25) is 4.90 Å². The molecule has 2 aliphatic heterocycles. The minimum Gasteiger partial charge on any atom is -0.444 e. The summed E-state index contributed by atoms with van der Waals surface area (Å²) in [5.74, 6) is 0. The van der Waals surface area contributed by atoms with E-state index < -0.39 is 5.60 Å². The number of aromatic nitrogens is 1. The average Bonchev–Trinajstić information content (AvgIpc) is 3.35. The summed E-state index contributed by atoms with van der Waals surface area (Å²) in [6.45, 7) is 7.38. The Morgan fingerprint density at radius 2 is 1.87 bits per heavy atom. The first kappa shape index (κ1) is 20.7. The van der Waals surface area contributed by atoms with E-state index >= 15 is 0 Å². The van der Waals surface area contributed by atoms with Crippen LogP contribution in [0.1, 0.15) is 45.2 Å². The molecule has 2 aromatic rings. The summed E-state index contributed by atoms with van der Waals surface area (Å²) < 4.78 is 5.51. The highest BCUT2D eigenvalue weighted by Gasteiger charge is 2.44. The molecule has 1 unspecified atom stereocenters. The van der Waals surface area contributed by atoms with Gasteiger partial charge in [0.2, 0.25) is 0 Å². The van der Waals surface area contributed by atoms with Crippen LogP contribution in [0, 0.1) is 0 Å². The molecule has 7 nitrogen and oxygen atoms in total. The third-order valence-electron chi connectivity index (χ3n) is 5.49. The lowest BCUT2D eigenvalue weighted by molar-refractivity contribution is 0.0158. The molecule has 2 saturated heterocycles. The van der Waals surface area contributed by atoms with Gasteiger partial charge in [0.15, 0.2) is 5.13 Å². The molecule has 2 aliphatic rings. The Kier molecular flexibility index (Phi) is 5.69. The molecule has 1 atom stereocenters. The largest absolute Gasteiger partial charge is 0.444 e. The highest BCUT2D eigenvalue weighted by Crippen LogP contribution is 2.37. The zero-order valence-corrected chi connectivity index (χ0v) is 18.5. The average molecular weight is 429 g/mol. The molecule has 30 heavy (non-hydrogen) atoms. The van der Waals surface area contributed by atoms with Gasteiger partial charge < -0.3 is 14.5 Å². The van der Waals surface area contributed by atoms with Crippen LogP contribution in [0.4, 0.5) is 14.7 Å². The third kappa shape index (κ3) is 4.28. The first-order valence-electron chi connectivity index (χ1n) is 10.4. The van der Waals surface area contributed by atoms with Crippen molar-refractivity contribution in [2.75, 3.05) is 24.5 Å². The molecule has 0 bridgehead atoms. The van der Waals surface area contributed by atoms with Crippen LogP contribution in [-0.2, 0) is 4.74 Å². The van der Waals surface area contributed by atoms with Crippen LogP contribution < -0.4 is 4.90 Å². The van der Waals surface area contributed by atoms with Gasteiger partial charge in [0, 0.05) is 30.7 Å². The number of amides is 3. The summed E-state index contributed by atoms with van der Waals surface area (Å²) in [5.41, 5.74) is 0.616. The number of hydrogen-bond acceptors (Lipinski definition) is 5. The Morgan fingerprint density at radius 1 is 1.17 bits per heavy atom. The van der Waals surface area contributed by atoms with Gasteiger partial charge in [-0.2, -0.15) is 0 Å². The lowest BCUT2D eigenvalue weighted by Gasteiger charge is -2.39. The van der Waals surface area contributed by atoms with Crippen molar-refractivity contribution in [1.29, 1.82) is 0 Å².